The van der Waals surface area contributed by atoms with E-state index in [0.717, 1.165) is 29.8 Å². The van der Waals surface area contributed by atoms with Crippen LogP contribution in [0.25, 0.3) is 11.1 Å². The Bertz CT molecular complexity index is 963. The lowest BCUT2D eigenvalue weighted by Crippen LogP contribution is -2.45. The van der Waals surface area contributed by atoms with Gasteiger partial charge in [0.05, 0.1) is 18.5 Å². The SMILES string of the molecule is Cc1ccccc1-c1cccc(COc2ccc(CNC3(CO)CCCC3)nc2)c1. The van der Waals surface area contributed by atoms with Crippen LogP contribution in [0.15, 0.2) is 66.9 Å². The van der Waals surface area contributed by atoms with Crippen molar-refractivity contribution >= 4 is 0 Å². The van der Waals surface area contributed by atoms with Crippen LogP contribution in [0.3, 0.4) is 0 Å². The van der Waals surface area contributed by atoms with Gasteiger partial charge in [0.25, 0.3) is 0 Å². The molecule has 0 atom stereocenters. The fourth-order valence-corrected chi connectivity index (χ4v) is 4.21. The normalized spacial score (nSPS) is 15.3. The number of nitrogens with zero attached hydrogens (tertiary/aromatic N) is 1. The zero-order chi connectivity index (χ0) is 20.8. The molecule has 0 radical (unpaired) electrons. The van der Waals surface area contributed by atoms with Gasteiger partial charge in [0, 0.05) is 12.1 Å². The molecule has 156 valence electrons. The quantitative estimate of drug-likeness (QED) is 0.555. The molecule has 4 rings (SSSR count). The van der Waals surface area contributed by atoms with Crippen LogP contribution in [0.1, 0.15) is 42.5 Å². The average Bonchev–Trinajstić information content (AvgIpc) is 3.27. The molecular formula is C26H30N2O2. The minimum Gasteiger partial charge on any atom is -0.487 e. The zero-order valence-corrected chi connectivity index (χ0v) is 17.6. The third kappa shape index (κ3) is 4.89. The van der Waals surface area contributed by atoms with E-state index < -0.39 is 0 Å². The molecule has 4 nitrogen and oxygen atoms in total. The number of aliphatic hydroxyl groups excluding tert-OH is 1. The molecule has 0 aliphatic heterocycles. The molecule has 4 heteroatoms. The van der Waals surface area contributed by atoms with Crippen molar-refractivity contribution in [2.45, 2.75) is 51.3 Å². The molecule has 0 spiro atoms. The maximum Gasteiger partial charge on any atom is 0.138 e. The lowest BCUT2D eigenvalue weighted by molar-refractivity contribution is 0.162. The van der Waals surface area contributed by atoms with Crippen molar-refractivity contribution in [1.82, 2.24) is 10.3 Å². The first-order valence-corrected chi connectivity index (χ1v) is 10.8. The van der Waals surface area contributed by atoms with Gasteiger partial charge in [-0.25, -0.2) is 0 Å². The topological polar surface area (TPSA) is 54.4 Å². The van der Waals surface area contributed by atoms with Crippen molar-refractivity contribution in [2.24, 2.45) is 0 Å². The maximum atomic E-state index is 9.72. The van der Waals surface area contributed by atoms with Crippen molar-refractivity contribution in [3.8, 4) is 16.9 Å². The number of rotatable bonds is 8. The Hall–Kier alpha value is -2.69. The molecular weight excluding hydrogens is 372 g/mol. The Labute approximate surface area is 179 Å². The minimum absolute atomic E-state index is 0.126. The summed E-state index contributed by atoms with van der Waals surface area (Å²) in [7, 11) is 0. The Morgan fingerprint density at radius 2 is 1.87 bits per heavy atom. The highest BCUT2D eigenvalue weighted by Gasteiger charge is 2.32. The molecule has 1 aliphatic rings. The fraction of sp³-hybridized carbons (Fsp3) is 0.346. The summed E-state index contributed by atoms with van der Waals surface area (Å²) in [6, 6.07) is 20.9. The van der Waals surface area contributed by atoms with Crippen LogP contribution in [-0.2, 0) is 13.2 Å². The molecule has 1 aliphatic carbocycles. The minimum atomic E-state index is -0.126. The summed E-state index contributed by atoms with van der Waals surface area (Å²) in [5.74, 6) is 0.762. The summed E-state index contributed by atoms with van der Waals surface area (Å²) in [6.45, 7) is 3.50. The van der Waals surface area contributed by atoms with E-state index in [1.54, 1.807) is 6.20 Å². The van der Waals surface area contributed by atoms with E-state index in [2.05, 4.69) is 65.8 Å². The van der Waals surface area contributed by atoms with Gasteiger partial charge in [0.1, 0.15) is 12.4 Å². The molecule has 0 amide bonds. The van der Waals surface area contributed by atoms with E-state index in [9.17, 15) is 5.11 Å². The predicted octanol–water partition coefficient (Wildman–Crippen LogP) is 5.03. The number of aromatic nitrogens is 1. The number of hydrogen-bond donors (Lipinski definition) is 2. The van der Waals surface area contributed by atoms with E-state index in [1.807, 2.05) is 12.1 Å². The molecule has 1 saturated carbocycles. The van der Waals surface area contributed by atoms with Gasteiger partial charge in [-0.3, -0.25) is 4.98 Å². The van der Waals surface area contributed by atoms with Crippen molar-refractivity contribution in [3.05, 3.63) is 83.7 Å². The second-order valence-corrected chi connectivity index (χ2v) is 8.29. The van der Waals surface area contributed by atoms with Gasteiger partial charge < -0.3 is 15.2 Å². The van der Waals surface area contributed by atoms with Crippen molar-refractivity contribution < 1.29 is 9.84 Å². The lowest BCUT2D eigenvalue weighted by Gasteiger charge is -2.27. The standard InChI is InChI=1S/C26H30N2O2/c1-20-7-2-3-10-25(20)22-9-6-8-21(15-22)18-30-24-12-11-23(27-17-24)16-28-26(19-29)13-4-5-14-26/h2-3,6-12,15,17,28-29H,4-5,13-14,16,18-19H2,1H3. The van der Waals surface area contributed by atoms with Crippen molar-refractivity contribution in [3.63, 3.8) is 0 Å². The number of benzene rings is 2. The molecule has 0 saturated heterocycles. The summed E-state index contributed by atoms with van der Waals surface area (Å²) in [5, 5.41) is 13.2. The van der Waals surface area contributed by atoms with Crippen LogP contribution in [0.4, 0.5) is 0 Å². The van der Waals surface area contributed by atoms with Crippen LogP contribution in [-0.4, -0.2) is 22.2 Å². The van der Waals surface area contributed by atoms with Crippen molar-refractivity contribution in [2.75, 3.05) is 6.61 Å². The Morgan fingerprint density at radius 1 is 1.03 bits per heavy atom. The number of nitrogens with one attached hydrogen (secondary N) is 1. The van der Waals surface area contributed by atoms with E-state index >= 15 is 0 Å². The number of pyridine rings is 1. The number of aryl methyl sites for hydroxylation is 1. The molecule has 3 aromatic rings. The lowest BCUT2D eigenvalue weighted by atomic mass is 9.99. The number of ether oxygens (including phenoxy) is 1. The van der Waals surface area contributed by atoms with Crippen LogP contribution in [0.5, 0.6) is 5.75 Å². The molecule has 0 bridgehead atoms. The first-order chi connectivity index (χ1) is 14.7. The van der Waals surface area contributed by atoms with Gasteiger partial charge in [-0.1, -0.05) is 55.3 Å². The third-order valence-corrected chi connectivity index (χ3v) is 6.09. The van der Waals surface area contributed by atoms with Gasteiger partial charge in [-0.2, -0.15) is 0 Å². The number of aliphatic hydroxyl groups is 1. The largest absolute Gasteiger partial charge is 0.487 e. The molecule has 0 unspecified atom stereocenters. The van der Waals surface area contributed by atoms with Gasteiger partial charge in [-0.15, -0.1) is 0 Å². The highest BCUT2D eigenvalue weighted by Crippen LogP contribution is 2.29. The zero-order valence-electron chi connectivity index (χ0n) is 17.6. The number of hydrogen-bond acceptors (Lipinski definition) is 4. The summed E-state index contributed by atoms with van der Waals surface area (Å²) in [4.78, 5) is 4.52. The molecule has 1 aromatic heterocycles. The molecule has 2 aromatic carbocycles. The second-order valence-electron chi connectivity index (χ2n) is 8.29. The fourth-order valence-electron chi connectivity index (χ4n) is 4.21. The monoisotopic (exact) mass is 402 g/mol. The molecule has 1 heterocycles. The Balaban J connectivity index is 1.34. The summed E-state index contributed by atoms with van der Waals surface area (Å²) in [6.07, 6.45) is 6.21. The third-order valence-electron chi connectivity index (χ3n) is 6.09. The maximum absolute atomic E-state index is 9.72. The van der Waals surface area contributed by atoms with E-state index in [1.165, 1.54) is 29.5 Å². The van der Waals surface area contributed by atoms with Crippen LogP contribution in [0, 0.1) is 6.92 Å². The van der Waals surface area contributed by atoms with Gasteiger partial charge in [-0.05, 0) is 60.2 Å². The second kappa shape index (κ2) is 9.41. The first-order valence-electron chi connectivity index (χ1n) is 10.8. The summed E-state index contributed by atoms with van der Waals surface area (Å²) >= 11 is 0. The van der Waals surface area contributed by atoms with Crippen LogP contribution >= 0.6 is 0 Å². The Kier molecular flexibility index (Phi) is 6.46. The van der Waals surface area contributed by atoms with Gasteiger partial charge >= 0.3 is 0 Å². The predicted molar refractivity (Wildman–Crippen MR) is 120 cm³/mol. The highest BCUT2D eigenvalue weighted by molar-refractivity contribution is 5.67. The summed E-state index contributed by atoms with van der Waals surface area (Å²) in [5.41, 5.74) is 5.69. The van der Waals surface area contributed by atoms with Gasteiger partial charge in [0.2, 0.25) is 0 Å². The Morgan fingerprint density at radius 3 is 2.60 bits per heavy atom. The van der Waals surface area contributed by atoms with Crippen LogP contribution in [0.2, 0.25) is 0 Å². The summed E-state index contributed by atoms with van der Waals surface area (Å²) < 4.78 is 5.96. The van der Waals surface area contributed by atoms with E-state index in [0.29, 0.717) is 13.2 Å². The average molecular weight is 403 g/mol. The van der Waals surface area contributed by atoms with Gasteiger partial charge in [0.15, 0.2) is 0 Å². The van der Waals surface area contributed by atoms with Crippen LogP contribution < -0.4 is 10.1 Å². The molecule has 2 N–H and O–H groups in total. The van der Waals surface area contributed by atoms with E-state index in [4.69, 9.17) is 4.74 Å². The van der Waals surface area contributed by atoms with Crippen molar-refractivity contribution in [1.29, 1.82) is 0 Å². The molecule has 30 heavy (non-hydrogen) atoms. The highest BCUT2D eigenvalue weighted by atomic mass is 16.5. The first kappa shape index (κ1) is 20.6. The molecule has 1 fully saturated rings. The van der Waals surface area contributed by atoms with E-state index in [-0.39, 0.29) is 12.1 Å². The smallest absolute Gasteiger partial charge is 0.138 e.